The molecular weight excluding hydrogens is 371 g/mol. The van der Waals surface area contributed by atoms with Crippen LogP contribution in [0.15, 0.2) is 22.7 Å². The van der Waals surface area contributed by atoms with Crippen LogP contribution in [0.2, 0.25) is 5.02 Å². The number of sulfonamides is 1. The van der Waals surface area contributed by atoms with Crippen molar-refractivity contribution in [1.29, 1.82) is 0 Å². The quantitative estimate of drug-likeness (QED) is 0.833. The Labute approximate surface area is 122 Å². The average molecular weight is 381 g/mol. The Balaban J connectivity index is 2.61. The normalized spacial score (nSPS) is 12.5. The number of alkyl halides is 3. The van der Waals surface area contributed by atoms with Gasteiger partial charge in [0.1, 0.15) is 0 Å². The summed E-state index contributed by atoms with van der Waals surface area (Å²) in [4.78, 5) is 0. The minimum atomic E-state index is -4.35. The lowest BCUT2D eigenvalue weighted by molar-refractivity contribution is -0.134. The standard InChI is InChI=1S/C10H10BrClF3NO2S/c11-8-6-7(2-3-9(8)12)16-19(17,18)5-1-4-10(13,14)15/h2-3,6,16H,1,4-5H2. The summed E-state index contributed by atoms with van der Waals surface area (Å²) in [5.74, 6) is -0.591. The predicted octanol–water partition coefficient (Wildman–Crippen LogP) is 4.19. The van der Waals surface area contributed by atoms with Crippen molar-refractivity contribution in [3.05, 3.63) is 27.7 Å². The van der Waals surface area contributed by atoms with Crippen molar-refractivity contribution in [2.75, 3.05) is 10.5 Å². The number of nitrogens with one attached hydrogen (secondary N) is 1. The largest absolute Gasteiger partial charge is 0.389 e. The number of hydrogen-bond donors (Lipinski definition) is 1. The molecule has 0 bridgehead atoms. The Kier molecular flexibility index (Phi) is 5.52. The topological polar surface area (TPSA) is 46.2 Å². The van der Waals surface area contributed by atoms with Crippen molar-refractivity contribution < 1.29 is 21.6 Å². The van der Waals surface area contributed by atoms with Crippen LogP contribution >= 0.6 is 27.5 Å². The van der Waals surface area contributed by atoms with Crippen LogP contribution in [0.1, 0.15) is 12.8 Å². The van der Waals surface area contributed by atoms with E-state index in [-0.39, 0.29) is 5.69 Å². The molecule has 3 nitrogen and oxygen atoms in total. The van der Waals surface area contributed by atoms with E-state index in [2.05, 4.69) is 20.7 Å². The molecule has 0 heterocycles. The van der Waals surface area contributed by atoms with E-state index in [1.807, 2.05) is 0 Å². The van der Waals surface area contributed by atoms with Crippen LogP contribution in [0, 0.1) is 0 Å². The first-order valence-electron chi connectivity index (χ1n) is 5.11. The van der Waals surface area contributed by atoms with Gasteiger partial charge in [-0.15, -0.1) is 0 Å². The summed E-state index contributed by atoms with van der Waals surface area (Å²) < 4.78 is 61.5. The zero-order chi connectivity index (χ0) is 14.7. The molecule has 1 aromatic rings. The molecule has 1 rings (SSSR count). The molecular formula is C10H10BrClF3NO2S. The minimum Gasteiger partial charge on any atom is -0.284 e. The van der Waals surface area contributed by atoms with Gasteiger partial charge in [-0.1, -0.05) is 11.6 Å². The van der Waals surface area contributed by atoms with E-state index in [0.717, 1.165) is 0 Å². The third-order valence-electron chi connectivity index (χ3n) is 2.07. The monoisotopic (exact) mass is 379 g/mol. The van der Waals surface area contributed by atoms with Gasteiger partial charge in [-0.25, -0.2) is 8.42 Å². The van der Waals surface area contributed by atoms with Gasteiger partial charge in [0.2, 0.25) is 10.0 Å². The van der Waals surface area contributed by atoms with Crippen molar-refractivity contribution in [1.82, 2.24) is 0 Å². The third-order valence-corrected chi connectivity index (χ3v) is 4.65. The highest BCUT2D eigenvalue weighted by atomic mass is 79.9. The van der Waals surface area contributed by atoms with E-state index in [9.17, 15) is 21.6 Å². The molecule has 0 aliphatic carbocycles. The fraction of sp³-hybridized carbons (Fsp3) is 0.400. The highest BCUT2D eigenvalue weighted by Crippen LogP contribution is 2.26. The maximum atomic E-state index is 11.9. The lowest BCUT2D eigenvalue weighted by Crippen LogP contribution is -2.18. The molecule has 0 aliphatic rings. The summed E-state index contributed by atoms with van der Waals surface area (Å²) in [6.07, 6.45) is -5.95. The SMILES string of the molecule is O=S(=O)(CCCC(F)(F)F)Nc1ccc(Cl)c(Br)c1. The van der Waals surface area contributed by atoms with Gasteiger partial charge in [0.05, 0.1) is 10.8 Å². The van der Waals surface area contributed by atoms with Crippen LogP contribution in [-0.2, 0) is 10.0 Å². The van der Waals surface area contributed by atoms with Gasteiger partial charge in [-0.3, -0.25) is 4.72 Å². The Hall–Kier alpha value is -0.470. The Morgan fingerprint density at radius 3 is 2.47 bits per heavy atom. The van der Waals surface area contributed by atoms with Crippen molar-refractivity contribution in [2.45, 2.75) is 19.0 Å². The Morgan fingerprint density at radius 1 is 1.32 bits per heavy atom. The number of rotatable bonds is 5. The predicted molar refractivity (Wildman–Crippen MR) is 71.9 cm³/mol. The van der Waals surface area contributed by atoms with Crippen molar-refractivity contribution in [3.63, 3.8) is 0 Å². The van der Waals surface area contributed by atoms with E-state index in [1.165, 1.54) is 18.2 Å². The highest BCUT2D eigenvalue weighted by Gasteiger charge is 2.27. The van der Waals surface area contributed by atoms with Crippen LogP contribution in [0.3, 0.4) is 0 Å². The number of benzene rings is 1. The van der Waals surface area contributed by atoms with E-state index >= 15 is 0 Å². The Morgan fingerprint density at radius 2 is 1.95 bits per heavy atom. The zero-order valence-corrected chi connectivity index (χ0v) is 12.6. The number of anilines is 1. The molecule has 1 aromatic carbocycles. The van der Waals surface area contributed by atoms with Crippen molar-refractivity contribution in [2.24, 2.45) is 0 Å². The molecule has 0 amide bonds. The summed E-state index contributed by atoms with van der Waals surface area (Å²) in [6.45, 7) is 0. The average Bonchev–Trinajstić information content (AvgIpc) is 2.20. The molecule has 108 valence electrons. The Bertz CT molecular complexity index is 548. The van der Waals surface area contributed by atoms with Gasteiger partial charge in [-0.05, 0) is 40.5 Å². The van der Waals surface area contributed by atoms with Gasteiger partial charge < -0.3 is 0 Å². The number of halogens is 5. The van der Waals surface area contributed by atoms with Crippen LogP contribution in [-0.4, -0.2) is 20.3 Å². The molecule has 0 aliphatic heterocycles. The molecule has 0 radical (unpaired) electrons. The molecule has 0 aromatic heterocycles. The summed E-state index contributed by atoms with van der Waals surface area (Å²) in [7, 11) is -3.80. The van der Waals surface area contributed by atoms with E-state index in [0.29, 0.717) is 9.50 Å². The molecule has 0 fully saturated rings. The van der Waals surface area contributed by atoms with Crippen molar-refractivity contribution in [3.8, 4) is 0 Å². The van der Waals surface area contributed by atoms with E-state index in [1.54, 1.807) is 0 Å². The molecule has 0 spiro atoms. The van der Waals surface area contributed by atoms with Crippen LogP contribution in [0.4, 0.5) is 18.9 Å². The maximum absolute atomic E-state index is 11.9. The van der Waals surface area contributed by atoms with Gasteiger partial charge in [-0.2, -0.15) is 13.2 Å². The smallest absolute Gasteiger partial charge is 0.284 e. The van der Waals surface area contributed by atoms with Crippen LogP contribution in [0.25, 0.3) is 0 Å². The van der Waals surface area contributed by atoms with Crippen molar-refractivity contribution >= 4 is 43.2 Å². The summed E-state index contributed by atoms with van der Waals surface area (Å²) >= 11 is 8.85. The fourth-order valence-electron chi connectivity index (χ4n) is 1.25. The molecule has 0 saturated heterocycles. The lowest BCUT2D eigenvalue weighted by atomic mass is 10.3. The summed E-state index contributed by atoms with van der Waals surface area (Å²) in [5, 5.41) is 0.403. The first kappa shape index (κ1) is 16.6. The summed E-state index contributed by atoms with van der Waals surface area (Å²) in [6, 6.07) is 4.33. The van der Waals surface area contributed by atoms with Crippen LogP contribution < -0.4 is 4.72 Å². The fourth-order valence-corrected chi connectivity index (χ4v) is 2.86. The second-order valence-electron chi connectivity index (χ2n) is 3.77. The van der Waals surface area contributed by atoms with Gasteiger partial charge in [0.25, 0.3) is 0 Å². The lowest BCUT2D eigenvalue weighted by Gasteiger charge is -2.10. The first-order valence-corrected chi connectivity index (χ1v) is 7.94. The number of hydrogen-bond acceptors (Lipinski definition) is 2. The molecule has 0 atom stereocenters. The van der Waals surface area contributed by atoms with E-state index < -0.39 is 34.8 Å². The summed E-state index contributed by atoms with van der Waals surface area (Å²) in [5.41, 5.74) is 0.239. The van der Waals surface area contributed by atoms with Crippen LogP contribution in [0.5, 0.6) is 0 Å². The first-order chi connectivity index (χ1) is 8.59. The van der Waals surface area contributed by atoms with E-state index in [4.69, 9.17) is 11.6 Å². The van der Waals surface area contributed by atoms with Gasteiger partial charge in [0.15, 0.2) is 0 Å². The second kappa shape index (κ2) is 6.32. The highest BCUT2D eigenvalue weighted by molar-refractivity contribution is 9.10. The zero-order valence-electron chi connectivity index (χ0n) is 9.47. The third kappa shape index (κ3) is 6.49. The molecule has 0 unspecified atom stereocenters. The minimum absolute atomic E-state index is 0.239. The second-order valence-corrected chi connectivity index (χ2v) is 6.87. The molecule has 0 saturated carbocycles. The molecule has 19 heavy (non-hydrogen) atoms. The molecule has 9 heteroatoms. The molecule has 1 N–H and O–H groups in total. The maximum Gasteiger partial charge on any atom is 0.389 e. The van der Waals surface area contributed by atoms with Gasteiger partial charge >= 0.3 is 6.18 Å². The van der Waals surface area contributed by atoms with Gasteiger partial charge in [0, 0.05) is 16.6 Å².